The molecule has 2 nitrogen and oxygen atoms in total. The highest BCUT2D eigenvalue weighted by molar-refractivity contribution is 14.1. The van der Waals surface area contributed by atoms with Crippen LogP contribution in [-0.4, -0.2) is 28.9 Å². The Kier molecular flexibility index (Phi) is 10.8. The number of hydrogen-bond donors (Lipinski definition) is 0. The fourth-order valence-electron chi connectivity index (χ4n) is 0.286. The molecule has 0 radical (unpaired) electrons. The molecule has 0 fully saturated rings. The zero-order valence-electron chi connectivity index (χ0n) is 5.11. The molecule has 0 bridgehead atoms. The Morgan fingerprint density at radius 3 is 1.67 bits per heavy atom. The Morgan fingerprint density at radius 1 is 0.889 bits per heavy atom. The van der Waals surface area contributed by atoms with Crippen molar-refractivity contribution in [2.75, 3.05) is 28.9 Å². The SMILES string of the molecule is ICCOCOCCI. The van der Waals surface area contributed by atoms with Crippen molar-refractivity contribution in [3.63, 3.8) is 0 Å². The fraction of sp³-hybridized carbons (Fsp3) is 1.00. The molecule has 0 spiro atoms. The lowest BCUT2D eigenvalue weighted by atomic mass is 10.9. The van der Waals surface area contributed by atoms with Crippen LogP contribution in [0, 0.1) is 0 Å². The summed E-state index contributed by atoms with van der Waals surface area (Å²) in [6, 6.07) is 0. The van der Waals surface area contributed by atoms with Gasteiger partial charge in [-0.1, -0.05) is 45.2 Å². The Labute approximate surface area is 82.9 Å². The first-order valence-corrected chi connectivity index (χ1v) is 5.74. The van der Waals surface area contributed by atoms with Gasteiger partial charge < -0.3 is 9.47 Å². The van der Waals surface area contributed by atoms with Gasteiger partial charge in [0.15, 0.2) is 0 Å². The van der Waals surface area contributed by atoms with Gasteiger partial charge in [-0.2, -0.15) is 0 Å². The van der Waals surface area contributed by atoms with Gasteiger partial charge >= 0.3 is 0 Å². The van der Waals surface area contributed by atoms with Gasteiger partial charge in [0, 0.05) is 8.86 Å². The van der Waals surface area contributed by atoms with E-state index < -0.39 is 0 Å². The average Bonchev–Trinajstić information content (AvgIpc) is 1.89. The van der Waals surface area contributed by atoms with Crippen LogP contribution in [0.5, 0.6) is 0 Å². The molecule has 0 aliphatic rings. The molecule has 0 saturated carbocycles. The van der Waals surface area contributed by atoms with Crippen molar-refractivity contribution in [2.24, 2.45) is 0 Å². The summed E-state index contributed by atoms with van der Waals surface area (Å²) in [5, 5.41) is 0. The van der Waals surface area contributed by atoms with Crippen LogP contribution in [0.25, 0.3) is 0 Å². The van der Waals surface area contributed by atoms with E-state index >= 15 is 0 Å². The summed E-state index contributed by atoms with van der Waals surface area (Å²) >= 11 is 4.53. The summed E-state index contributed by atoms with van der Waals surface area (Å²) in [5.74, 6) is 0. The third kappa shape index (κ3) is 9.38. The third-order valence-electron chi connectivity index (χ3n) is 0.610. The second kappa shape index (κ2) is 9.38. The third-order valence-corrected chi connectivity index (χ3v) is 1.49. The molecule has 0 atom stereocenters. The first-order valence-electron chi connectivity index (χ1n) is 2.69. The van der Waals surface area contributed by atoms with Crippen LogP contribution in [0.15, 0.2) is 0 Å². The van der Waals surface area contributed by atoms with Crippen molar-refractivity contribution in [3.8, 4) is 0 Å². The van der Waals surface area contributed by atoms with Crippen LogP contribution in [0.3, 0.4) is 0 Å². The van der Waals surface area contributed by atoms with Crippen LogP contribution in [0.4, 0.5) is 0 Å². The first kappa shape index (κ1) is 10.4. The van der Waals surface area contributed by atoms with Crippen molar-refractivity contribution in [1.82, 2.24) is 0 Å². The highest BCUT2D eigenvalue weighted by Crippen LogP contribution is 1.85. The van der Waals surface area contributed by atoms with E-state index in [-0.39, 0.29) is 0 Å². The number of hydrogen-bond acceptors (Lipinski definition) is 2. The largest absolute Gasteiger partial charge is 0.355 e. The number of halogens is 2. The zero-order chi connectivity index (χ0) is 6.95. The second-order valence-corrected chi connectivity index (χ2v) is 3.47. The molecule has 0 aromatic carbocycles. The monoisotopic (exact) mass is 356 g/mol. The summed E-state index contributed by atoms with van der Waals surface area (Å²) in [7, 11) is 0. The minimum Gasteiger partial charge on any atom is -0.355 e. The van der Waals surface area contributed by atoms with Gasteiger partial charge in [-0.15, -0.1) is 0 Å². The summed E-state index contributed by atoms with van der Waals surface area (Å²) in [4.78, 5) is 0. The molecule has 0 aliphatic heterocycles. The van der Waals surface area contributed by atoms with E-state index in [1.165, 1.54) is 0 Å². The van der Waals surface area contributed by atoms with E-state index in [0.717, 1.165) is 22.1 Å². The summed E-state index contributed by atoms with van der Waals surface area (Å²) < 4.78 is 12.2. The topological polar surface area (TPSA) is 18.5 Å². The lowest BCUT2D eigenvalue weighted by Gasteiger charge is -2.00. The Hall–Kier alpha value is 1.38. The Morgan fingerprint density at radius 2 is 1.33 bits per heavy atom. The van der Waals surface area contributed by atoms with Crippen LogP contribution in [-0.2, 0) is 9.47 Å². The quantitative estimate of drug-likeness (QED) is 0.313. The summed E-state index contributed by atoms with van der Waals surface area (Å²) in [5.41, 5.74) is 0. The van der Waals surface area contributed by atoms with Gasteiger partial charge in [-0.25, -0.2) is 0 Å². The molecule has 0 heterocycles. The maximum atomic E-state index is 5.05. The van der Waals surface area contributed by atoms with Crippen LogP contribution in [0.1, 0.15) is 0 Å². The Balaban J connectivity index is 2.60. The molecule has 9 heavy (non-hydrogen) atoms. The minimum absolute atomic E-state index is 0.450. The van der Waals surface area contributed by atoms with Crippen molar-refractivity contribution in [2.45, 2.75) is 0 Å². The molecule has 56 valence electrons. The first-order chi connectivity index (χ1) is 4.41. The normalized spacial score (nSPS) is 10.0. The molecule has 0 amide bonds. The van der Waals surface area contributed by atoms with Gasteiger partial charge in [0.25, 0.3) is 0 Å². The lowest BCUT2D eigenvalue weighted by Crippen LogP contribution is -2.03. The van der Waals surface area contributed by atoms with E-state index in [2.05, 4.69) is 45.2 Å². The molecular formula is C5H10I2O2. The molecule has 0 unspecified atom stereocenters. The lowest BCUT2D eigenvalue weighted by molar-refractivity contribution is -0.0415. The van der Waals surface area contributed by atoms with E-state index in [1.807, 2.05) is 0 Å². The molecule has 0 saturated heterocycles. The molecular weight excluding hydrogens is 346 g/mol. The van der Waals surface area contributed by atoms with Crippen LogP contribution in [0.2, 0.25) is 0 Å². The average molecular weight is 356 g/mol. The van der Waals surface area contributed by atoms with E-state index in [0.29, 0.717) is 6.79 Å². The van der Waals surface area contributed by atoms with Crippen LogP contribution >= 0.6 is 45.2 Å². The van der Waals surface area contributed by atoms with E-state index in [4.69, 9.17) is 9.47 Å². The highest BCUT2D eigenvalue weighted by atomic mass is 127. The van der Waals surface area contributed by atoms with Gasteiger partial charge in [-0.3, -0.25) is 0 Å². The van der Waals surface area contributed by atoms with Gasteiger partial charge in [0.1, 0.15) is 6.79 Å². The number of rotatable bonds is 6. The second-order valence-electron chi connectivity index (χ2n) is 1.31. The molecule has 0 N–H and O–H groups in total. The van der Waals surface area contributed by atoms with Crippen molar-refractivity contribution in [3.05, 3.63) is 0 Å². The van der Waals surface area contributed by atoms with Gasteiger partial charge in [0.05, 0.1) is 13.2 Å². The number of alkyl halides is 2. The Bertz CT molecular complexity index is 46.2. The predicted molar refractivity (Wildman–Crippen MR) is 54.5 cm³/mol. The maximum Gasteiger partial charge on any atom is 0.146 e. The molecule has 4 heteroatoms. The van der Waals surface area contributed by atoms with Crippen molar-refractivity contribution < 1.29 is 9.47 Å². The van der Waals surface area contributed by atoms with Gasteiger partial charge in [0.2, 0.25) is 0 Å². The highest BCUT2D eigenvalue weighted by Gasteiger charge is 1.84. The smallest absolute Gasteiger partial charge is 0.146 e. The minimum atomic E-state index is 0.450. The van der Waals surface area contributed by atoms with Crippen molar-refractivity contribution in [1.29, 1.82) is 0 Å². The fourth-order valence-corrected chi connectivity index (χ4v) is 0.909. The summed E-state index contributed by atoms with van der Waals surface area (Å²) in [6.45, 7) is 2.04. The number of ether oxygens (including phenoxy) is 2. The van der Waals surface area contributed by atoms with Crippen LogP contribution < -0.4 is 0 Å². The van der Waals surface area contributed by atoms with Crippen molar-refractivity contribution >= 4 is 45.2 Å². The van der Waals surface area contributed by atoms with E-state index in [1.54, 1.807) is 0 Å². The molecule has 0 aliphatic carbocycles. The molecule has 0 aromatic heterocycles. The summed E-state index contributed by atoms with van der Waals surface area (Å²) in [6.07, 6.45) is 0. The van der Waals surface area contributed by atoms with Gasteiger partial charge in [-0.05, 0) is 0 Å². The maximum absolute atomic E-state index is 5.05. The molecule has 0 rings (SSSR count). The van der Waals surface area contributed by atoms with E-state index in [9.17, 15) is 0 Å². The zero-order valence-corrected chi connectivity index (χ0v) is 9.42. The predicted octanol–water partition coefficient (Wildman–Crippen LogP) is 1.85. The molecule has 0 aromatic rings. The standard InChI is InChI=1S/C5H10I2O2/c6-1-3-8-5-9-4-2-7/h1-5H2.